The Hall–Kier alpha value is -0.650. The van der Waals surface area contributed by atoms with Gasteiger partial charge in [-0.25, -0.2) is 0 Å². The van der Waals surface area contributed by atoms with E-state index in [4.69, 9.17) is 9.47 Å². The second-order valence-electron chi connectivity index (χ2n) is 5.46. The molecule has 0 spiro atoms. The third-order valence-corrected chi connectivity index (χ3v) is 3.67. The molecule has 1 unspecified atom stereocenters. The van der Waals surface area contributed by atoms with E-state index < -0.39 is 0 Å². The number of hydrogen-bond donors (Lipinski definition) is 2. The molecular formula is C13H24N2O3. The molecule has 2 aliphatic rings. The van der Waals surface area contributed by atoms with Gasteiger partial charge in [-0.2, -0.15) is 0 Å². The number of carbonyl (C=O) groups is 1. The molecule has 2 fully saturated rings. The fraction of sp³-hybridized carbons (Fsp3) is 0.923. The second-order valence-corrected chi connectivity index (χ2v) is 5.46. The van der Waals surface area contributed by atoms with Crippen molar-refractivity contribution in [3.63, 3.8) is 0 Å². The maximum absolute atomic E-state index is 11.7. The van der Waals surface area contributed by atoms with Gasteiger partial charge in [-0.15, -0.1) is 0 Å². The van der Waals surface area contributed by atoms with Crippen molar-refractivity contribution in [2.24, 2.45) is 0 Å². The molecule has 18 heavy (non-hydrogen) atoms. The molecule has 1 amide bonds. The molecule has 1 atom stereocenters. The third kappa shape index (κ3) is 4.23. The first kappa shape index (κ1) is 13.8. The molecule has 0 aromatic rings. The van der Waals surface area contributed by atoms with E-state index in [1.807, 2.05) is 0 Å². The van der Waals surface area contributed by atoms with Crippen LogP contribution in [-0.4, -0.2) is 50.5 Å². The molecule has 0 aliphatic carbocycles. The molecule has 2 aliphatic heterocycles. The summed E-state index contributed by atoms with van der Waals surface area (Å²) >= 11 is 0. The van der Waals surface area contributed by atoms with E-state index in [9.17, 15) is 4.79 Å². The highest BCUT2D eigenvalue weighted by molar-refractivity contribution is 5.78. The van der Waals surface area contributed by atoms with Crippen LogP contribution in [0.15, 0.2) is 0 Å². The lowest BCUT2D eigenvalue weighted by atomic mass is 10.0. The molecule has 5 nitrogen and oxygen atoms in total. The summed E-state index contributed by atoms with van der Waals surface area (Å²) in [7, 11) is 0. The van der Waals surface area contributed by atoms with Crippen molar-refractivity contribution < 1.29 is 14.3 Å². The first-order valence-corrected chi connectivity index (χ1v) is 6.90. The fourth-order valence-corrected chi connectivity index (χ4v) is 2.54. The summed E-state index contributed by atoms with van der Waals surface area (Å²) in [4.78, 5) is 11.7. The summed E-state index contributed by atoms with van der Waals surface area (Å²) in [5.41, 5.74) is -0.0844. The minimum absolute atomic E-state index is 0.0727. The highest BCUT2D eigenvalue weighted by Gasteiger charge is 2.29. The SMILES string of the molecule is CC1(CNCC(=O)NC2CCOCC2)CCCO1. The average Bonchev–Trinajstić information content (AvgIpc) is 2.77. The van der Waals surface area contributed by atoms with Crippen molar-refractivity contribution in [3.8, 4) is 0 Å². The van der Waals surface area contributed by atoms with Gasteiger partial charge in [0.1, 0.15) is 0 Å². The molecule has 2 N–H and O–H groups in total. The van der Waals surface area contributed by atoms with E-state index in [1.165, 1.54) is 0 Å². The molecule has 104 valence electrons. The first-order valence-electron chi connectivity index (χ1n) is 6.90. The maximum atomic E-state index is 11.7. The largest absolute Gasteiger partial charge is 0.381 e. The molecule has 0 aromatic heterocycles. The molecule has 2 saturated heterocycles. The molecule has 0 aromatic carbocycles. The maximum Gasteiger partial charge on any atom is 0.234 e. The second kappa shape index (κ2) is 6.50. The number of carbonyl (C=O) groups excluding carboxylic acids is 1. The van der Waals surface area contributed by atoms with Crippen LogP contribution < -0.4 is 10.6 Å². The quantitative estimate of drug-likeness (QED) is 0.749. The van der Waals surface area contributed by atoms with Crippen molar-refractivity contribution in [3.05, 3.63) is 0 Å². The minimum atomic E-state index is -0.0844. The van der Waals surface area contributed by atoms with Crippen LogP contribution in [0.3, 0.4) is 0 Å². The van der Waals surface area contributed by atoms with Gasteiger partial charge in [0, 0.05) is 32.4 Å². The van der Waals surface area contributed by atoms with Crippen LogP contribution in [0.25, 0.3) is 0 Å². The van der Waals surface area contributed by atoms with Gasteiger partial charge >= 0.3 is 0 Å². The summed E-state index contributed by atoms with van der Waals surface area (Å²) in [5.74, 6) is 0.0727. The predicted molar refractivity (Wildman–Crippen MR) is 68.4 cm³/mol. The summed E-state index contributed by atoms with van der Waals surface area (Å²) in [6, 6.07) is 0.284. The number of rotatable bonds is 5. The monoisotopic (exact) mass is 256 g/mol. The van der Waals surface area contributed by atoms with E-state index >= 15 is 0 Å². The van der Waals surface area contributed by atoms with Gasteiger partial charge in [0.15, 0.2) is 0 Å². The third-order valence-electron chi connectivity index (χ3n) is 3.67. The smallest absolute Gasteiger partial charge is 0.234 e. The topological polar surface area (TPSA) is 59.6 Å². The van der Waals surface area contributed by atoms with Crippen molar-refractivity contribution >= 4 is 5.91 Å². The summed E-state index contributed by atoms with van der Waals surface area (Å²) in [6.07, 6.45) is 4.03. The van der Waals surface area contributed by atoms with Crippen LogP contribution in [0, 0.1) is 0 Å². The van der Waals surface area contributed by atoms with Crippen LogP contribution in [0.1, 0.15) is 32.6 Å². The molecule has 0 bridgehead atoms. The average molecular weight is 256 g/mol. The molecule has 2 rings (SSSR count). The number of nitrogens with one attached hydrogen (secondary N) is 2. The Morgan fingerprint density at radius 3 is 2.78 bits per heavy atom. The van der Waals surface area contributed by atoms with E-state index in [2.05, 4.69) is 17.6 Å². The molecule has 2 heterocycles. The predicted octanol–water partition coefficient (Wildman–Crippen LogP) is 0.440. The Labute approximate surface area is 109 Å². The standard InChI is InChI=1S/C13H24N2O3/c1-13(5-2-6-18-13)10-14-9-12(16)15-11-3-7-17-8-4-11/h11,14H,2-10H2,1H3,(H,15,16). The van der Waals surface area contributed by atoms with E-state index in [1.54, 1.807) is 0 Å². The molecule has 0 saturated carbocycles. The van der Waals surface area contributed by atoms with Crippen LogP contribution in [0.2, 0.25) is 0 Å². The lowest BCUT2D eigenvalue weighted by Crippen LogP contribution is -2.45. The Morgan fingerprint density at radius 1 is 1.33 bits per heavy atom. The van der Waals surface area contributed by atoms with Gasteiger partial charge in [0.05, 0.1) is 12.1 Å². The highest BCUT2D eigenvalue weighted by Crippen LogP contribution is 2.23. The molecule has 0 radical (unpaired) electrons. The number of amides is 1. The van der Waals surface area contributed by atoms with Crippen LogP contribution in [-0.2, 0) is 14.3 Å². The van der Waals surface area contributed by atoms with E-state index in [0.717, 1.165) is 52.0 Å². The van der Waals surface area contributed by atoms with Gasteiger partial charge < -0.3 is 20.1 Å². The highest BCUT2D eigenvalue weighted by atomic mass is 16.5. The Kier molecular flexibility index (Phi) is 4.97. The van der Waals surface area contributed by atoms with Crippen LogP contribution >= 0.6 is 0 Å². The van der Waals surface area contributed by atoms with Gasteiger partial charge in [0.25, 0.3) is 0 Å². The number of hydrogen-bond acceptors (Lipinski definition) is 4. The Balaban J connectivity index is 1.59. The summed E-state index contributed by atoms with van der Waals surface area (Å²) < 4.78 is 10.9. The molecule has 5 heteroatoms. The zero-order chi connectivity index (χ0) is 12.8. The lowest BCUT2D eigenvalue weighted by Gasteiger charge is -2.25. The van der Waals surface area contributed by atoms with E-state index in [-0.39, 0.29) is 17.6 Å². The van der Waals surface area contributed by atoms with Gasteiger partial charge in [-0.05, 0) is 32.6 Å². The summed E-state index contributed by atoms with van der Waals surface area (Å²) in [5, 5.41) is 6.22. The van der Waals surface area contributed by atoms with Crippen LogP contribution in [0.5, 0.6) is 0 Å². The van der Waals surface area contributed by atoms with Gasteiger partial charge in [-0.1, -0.05) is 0 Å². The van der Waals surface area contributed by atoms with Crippen molar-refractivity contribution in [1.82, 2.24) is 10.6 Å². The fourth-order valence-electron chi connectivity index (χ4n) is 2.54. The normalized spacial score (nSPS) is 29.4. The van der Waals surface area contributed by atoms with Crippen molar-refractivity contribution in [2.45, 2.75) is 44.2 Å². The lowest BCUT2D eigenvalue weighted by molar-refractivity contribution is -0.121. The van der Waals surface area contributed by atoms with Crippen LogP contribution in [0.4, 0.5) is 0 Å². The van der Waals surface area contributed by atoms with Crippen molar-refractivity contribution in [2.75, 3.05) is 32.9 Å². The van der Waals surface area contributed by atoms with Crippen molar-refractivity contribution in [1.29, 1.82) is 0 Å². The minimum Gasteiger partial charge on any atom is -0.381 e. The zero-order valence-electron chi connectivity index (χ0n) is 11.2. The van der Waals surface area contributed by atoms with Gasteiger partial charge in [-0.3, -0.25) is 4.79 Å². The Bertz CT molecular complexity index is 271. The van der Waals surface area contributed by atoms with E-state index in [0.29, 0.717) is 6.54 Å². The Morgan fingerprint density at radius 2 is 2.11 bits per heavy atom. The van der Waals surface area contributed by atoms with Gasteiger partial charge in [0.2, 0.25) is 5.91 Å². The number of ether oxygens (including phenoxy) is 2. The molecular weight excluding hydrogens is 232 g/mol. The summed E-state index contributed by atoms with van der Waals surface area (Å²) in [6.45, 7) is 5.56. The first-order chi connectivity index (χ1) is 8.68. The zero-order valence-corrected chi connectivity index (χ0v) is 11.2.